The van der Waals surface area contributed by atoms with Crippen LogP contribution in [0.5, 0.6) is 0 Å². The van der Waals surface area contributed by atoms with E-state index in [-0.39, 0.29) is 18.2 Å². The van der Waals surface area contributed by atoms with E-state index in [0.29, 0.717) is 11.8 Å². The van der Waals surface area contributed by atoms with Gasteiger partial charge in [-0.25, -0.2) is 0 Å². The molecule has 3 nitrogen and oxygen atoms in total. The molecular formula is C17H22ClNO2. The highest BCUT2D eigenvalue weighted by molar-refractivity contribution is 6.31. The molecule has 1 aliphatic rings. The van der Waals surface area contributed by atoms with Crippen molar-refractivity contribution in [2.24, 2.45) is 11.8 Å². The van der Waals surface area contributed by atoms with Crippen LogP contribution < -0.4 is 5.32 Å². The van der Waals surface area contributed by atoms with Gasteiger partial charge >= 0.3 is 0 Å². The number of hydrogen-bond acceptors (Lipinski definition) is 3. The largest absolute Gasteiger partial charge is 0.459 e. The SMILES string of the molecule is CNC(c1cc2cc(Cl)ccc2o1)C1C(C)OC(C)C1C. The number of ether oxygens (including phenoxy) is 1. The maximum atomic E-state index is 6.06. The van der Waals surface area contributed by atoms with Crippen molar-refractivity contribution in [3.63, 3.8) is 0 Å². The van der Waals surface area contributed by atoms with Gasteiger partial charge in [-0.15, -0.1) is 0 Å². The first-order valence-electron chi connectivity index (χ1n) is 7.53. The van der Waals surface area contributed by atoms with E-state index in [1.165, 1.54) is 0 Å². The third-order valence-electron chi connectivity index (χ3n) is 4.82. The summed E-state index contributed by atoms with van der Waals surface area (Å²) in [5, 5.41) is 5.19. The quantitative estimate of drug-likeness (QED) is 0.912. The zero-order valence-corrected chi connectivity index (χ0v) is 13.6. The molecule has 1 aromatic heterocycles. The Labute approximate surface area is 130 Å². The fraction of sp³-hybridized carbons (Fsp3) is 0.529. The minimum absolute atomic E-state index is 0.145. The second-order valence-electron chi connectivity index (χ2n) is 6.08. The number of rotatable bonds is 3. The molecule has 0 bridgehead atoms. The summed E-state index contributed by atoms with van der Waals surface area (Å²) in [6.07, 6.45) is 0.490. The van der Waals surface area contributed by atoms with Crippen LogP contribution in [0.1, 0.15) is 32.6 Å². The van der Waals surface area contributed by atoms with Crippen molar-refractivity contribution in [3.05, 3.63) is 35.0 Å². The standard InChI is InChI=1S/C17H22ClNO2/c1-9-10(2)20-11(3)16(9)17(19-4)15-8-12-7-13(18)5-6-14(12)21-15/h5-11,16-17,19H,1-4H3. The molecule has 1 N–H and O–H groups in total. The molecule has 0 aliphatic carbocycles. The molecule has 114 valence electrons. The molecule has 21 heavy (non-hydrogen) atoms. The smallest absolute Gasteiger partial charge is 0.134 e. The summed E-state index contributed by atoms with van der Waals surface area (Å²) in [6.45, 7) is 6.55. The molecule has 0 amide bonds. The van der Waals surface area contributed by atoms with Gasteiger partial charge in [-0.05, 0) is 51.1 Å². The Morgan fingerprint density at radius 2 is 1.90 bits per heavy atom. The van der Waals surface area contributed by atoms with Crippen LogP contribution in [0.2, 0.25) is 5.02 Å². The van der Waals surface area contributed by atoms with E-state index in [0.717, 1.165) is 21.8 Å². The van der Waals surface area contributed by atoms with Crippen LogP contribution in [-0.2, 0) is 4.74 Å². The highest BCUT2D eigenvalue weighted by Gasteiger charge is 2.42. The van der Waals surface area contributed by atoms with Crippen molar-refractivity contribution < 1.29 is 9.15 Å². The number of halogens is 1. The first-order valence-corrected chi connectivity index (χ1v) is 7.90. The highest BCUT2D eigenvalue weighted by Crippen LogP contribution is 2.41. The van der Waals surface area contributed by atoms with E-state index in [9.17, 15) is 0 Å². The van der Waals surface area contributed by atoms with Gasteiger partial charge in [0, 0.05) is 16.3 Å². The lowest BCUT2D eigenvalue weighted by molar-refractivity contribution is 0.0469. The van der Waals surface area contributed by atoms with Crippen molar-refractivity contribution in [2.75, 3.05) is 7.05 Å². The molecule has 0 radical (unpaired) electrons. The summed E-state index contributed by atoms with van der Waals surface area (Å²) in [7, 11) is 1.98. The normalized spacial score (nSPS) is 30.9. The van der Waals surface area contributed by atoms with Crippen LogP contribution in [-0.4, -0.2) is 19.3 Å². The Kier molecular flexibility index (Phi) is 4.00. The minimum Gasteiger partial charge on any atom is -0.459 e. The van der Waals surface area contributed by atoms with Crippen LogP contribution >= 0.6 is 11.6 Å². The summed E-state index contributed by atoms with van der Waals surface area (Å²) in [6, 6.07) is 7.96. The summed E-state index contributed by atoms with van der Waals surface area (Å²) in [5.41, 5.74) is 0.877. The second kappa shape index (κ2) is 5.64. The number of benzene rings is 1. The molecule has 1 fully saturated rings. The summed E-state index contributed by atoms with van der Waals surface area (Å²) >= 11 is 6.06. The van der Waals surface area contributed by atoms with Gasteiger partial charge in [-0.3, -0.25) is 0 Å². The lowest BCUT2D eigenvalue weighted by Crippen LogP contribution is -2.32. The average Bonchev–Trinajstić information content (AvgIpc) is 2.95. The van der Waals surface area contributed by atoms with Gasteiger partial charge in [-0.2, -0.15) is 0 Å². The van der Waals surface area contributed by atoms with Crippen molar-refractivity contribution in [1.29, 1.82) is 0 Å². The Balaban J connectivity index is 1.98. The summed E-state index contributed by atoms with van der Waals surface area (Å²) in [4.78, 5) is 0. The first kappa shape index (κ1) is 14.9. The van der Waals surface area contributed by atoms with Crippen molar-refractivity contribution in [1.82, 2.24) is 5.32 Å². The van der Waals surface area contributed by atoms with E-state index < -0.39 is 0 Å². The molecule has 0 spiro atoms. The van der Waals surface area contributed by atoms with Crippen LogP contribution in [0.15, 0.2) is 28.7 Å². The number of fused-ring (bicyclic) bond motifs is 1. The van der Waals surface area contributed by atoms with Crippen molar-refractivity contribution >= 4 is 22.6 Å². The highest BCUT2D eigenvalue weighted by atomic mass is 35.5. The Morgan fingerprint density at radius 3 is 2.52 bits per heavy atom. The molecule has 2 heterocycles. The van der Waals surface area contributed by atoms with E-state index in [2.05, 4.69) is 32.2 Å². The van der Waals surface area contributed by atoms with Crippen LogP contribution in [0.3, 0.4) is 0 Å². The molecule has 2 aromatic rings. The zero-order chi connectivity index (χ0) is 15.1. The van der Waals surface area contributed by atoms with Crippen LogP contribution in [0.25, 0.3) is 11.0 Å². The molecule has 1 aromatic carbocycles. The van der Waals surface area contributed by atoms with Gasteiger partial charge in [0.1, 0.15) is 11.3 Å². The Morgan fingerprint density at radius 1 is 1.14 bits per heavy atom. The Bertz CT molecular complexity index is 639. The van der Waals surface area contributed by atoms with Crippen molar-refractivity contribution in [2.45, 2.75) is 39.0 Å². The zero-order valence-electron chi connectivity index (χ0n) is 12.9. The van der Waals surface area contributed by atoms with Gasteiger partial charge in [0.25, 0.3) is 0 Å². The fourth-order valence-corrected chi connectivity index (χ4v) is 3.76. The van der Waals surface area contributed by atoms with Gasteiger partial charge in [0.15, 0.2) is 0 Å². The summed E-state index contributed by atoms with van der Waals surface area (Å²) < 4.78 is 12.0. The lowest BCUT2D eigenvalue weighted by Gasteiger charge is -2.27. The summed E-state index contributed by atoms with van der Waals surface area (Å²) in [5.74, 6) is 1.83. The fourth-order valence-electron chi connectivity index (χ4n) is 3.58. The van der Waals surface area contributed by atoms with Gasteiger partial charge in [-0.1, -0.05) is 18.5 Å². The van der Waals surface area contributed by atoms with Gasteiger partial charge < -0.3 is 14.5 Å². The van der Waals surface area contributed by atoms with Crippen LogP contribution in [0, 0.1) is 11.8 Å². The van der Waals surface area contributed by atoms with E-state index >= 15 is 0 Å². The predicted molar refractivity (Wildman–Crippen MR) is 85.7 cm³/mol. The van der Waals surface area contributed by atoms with Gasteiger partial charge in [0.2, 0.25) is 0 Å². The third-order valence-corrected chi connectivity index (χ3v) is 5.05. The van der Waals surface area contributed by atoms with Crippen molar-refractivity contribution in [3.8, 4) is 0 Å². The van der Waals surface area contributed by atoms with E-state index in [1.807, 2.05) is 25.2 Å². The first-order chi connectivity index (χ1) is 10.0. The average molecular weight is 308 g/mol. The number of hydrogen-bond donors (Lipinski definition) is 1. The van der Waals surface area contributed by atoms with E-state index in [4.69, 9.17) is 20.8 Å². The maximum Gasteiger partial charge on any atom is 0.134 e. The monoisotopic (exact) mass is 307 g/mol. The number of nitrogens with one attached hydrogen (secondary N) is 1. The molecule has 1 aliphatic heterocycles. The van der Waals surface area contributed by atoms with Crippen LogP contribution in [0.4, 0.5) is 0 Å². The molecule has 3 rings (SSSR count). The molecule has 0 saturated carbocycles. The minimum atomic E-state index is 0.145. The van der Waals surface area contributed by atoms with Gasteiger partial charge in [0.05, 0.1) is 18.2 Å². The molecular weight excluding hydrogens is 286 g/mol. The molecule has 4 heteroatoms. The molecule has 5 atom stereocenters. The third kappa shape index (κ3) is 2.59. The lowest BCUT2D eigenvalue weighted by atomic mass is 9.82. The maximum absolute atomic E-state index is 6.06. The molecule has 5 unspecified atom stereocenters. The Hall–Kier alpha value is -1.03. The predicted octanol–water partition coefficient (Wildman–Crippen LogP) is 4.41. The van der Waals surface area contributed by atoms with E-state index in [1.54, 1.807) is 0 Å². The number of furan rings is 1. The second-order valence-corrected chi connectivity index (χ2v) is 6.52. The molecule has 1 saturated heterocycles. The topological polar surface area (TPSA) is 34.4 Å².